The van der Waals surface area contributed by atoms with Crippen LogP contribution in [-0.2, 0) is 6.54 Å². The van der Waals surface area contributed by atoms with Crippen LogP contribution in [0.1, 0.15) is 12.5 Å². The second kappa shape index (κ2) is 7.56. The Morgan fingerprint density at radius 2 is 1.74 bits per heavy atom. The molecule has 0 spiro atoms. The standard InChI is InChI=1S/C23H22N4/c1-2-25-23-20-14-19(17-6-4-3-5-7-17)22(27-21(20)12-13-26-23)18-10-8-16(15-24)9-11-18/h3-14H,2,15,24H2,1H3,(H,25,26)/p+2. The summed E-state index contributed by atoms with van der Waals surface area (Å²) < 4.78 is 0. The summed E-state index contributed by atoms with van der Waals surface area (Å²) in [6, 6.07) is 23.2. The largest absolute Gasteiger partial charge is 0.354 e. The fraction of sp³-hybridized carbons (Fsp3) is 0.130. The van der Waals surface area contributed by atoms with Crippen LogP contribution in [0.3, 0.4) is 0 Å². The number of hydrogen-bond donors (Lipinski definition) is 2. The van der Waals surface area contributed by atoms with Gasteiger partial charge in [0.05, 0.1) is 35.9 Å². The van der Waals surface area contributed by atoms with Crippen LogP contribution in [-0.4, -0.2) is 11.5 Å². The zero-order chi connectivity index (χ0) is 18.6. The van der Waals surface area contributed by atoms with Gasteiger partial charge in [-0.15, -0.1) is 0 Å². The van der Waals surface area contributed by atoms with E-state index < -0.39 is 0 Å². The molecule has 2 heterocycles. The minimum atomic E-state index is 0.791. The van der Waals surface area contributed by atoms with Gasteiger partial charge >= 0.3 is 0 Å². The number of quaternary nitrogens is 1. The molecule has 0 aliphatic carbocycles. The predicted molar refractivity (Wildman–Crippen MR) is 110 cm³/mol. The summed E-state index contributed by atoms with van der Waals surface area (Å²) in [4.78, 5) is 8.35. The Bertz CT molecular complexity index is 1060. The first kappa shape index (κ1) is 17.2. The minimum absolute atomic E-state index is 0.791. The molecule has 5 N–H and O–H groups in total. The molecular formula is C23H24N4+2. The van der Waals surface area contributed by atoms with Crippen molar-refractivity contribution in [2.45, 2.75) is 13.5 Å². The Balaban J connectivity index is 1.98. The Kier molecular flexibility index (Phi) is 4.81. The summed E-state index contributed by atoms with van der Waals surface area (Å²) in [6.07, 6.45) is 1.94. The highest BCUT2D eigenvalue weighted by Gasteiger charge is 2.15. The number of rotatable bonds is 5. The Morgan fingerprint density at radius 1 is 0.963 bits per heavy atom. The Labute approximate surface area is 159 Å². The maximum absolute atomic E-state index is 5.04. The molecule has 4 aromatic rings. The lowest BCUT2D eigenvalue weighted by Gasteiger charge is -2.12. The van der Waals surface area contributed by atoms with E-state index in [1.807, 2.05) is 18.3 Å². The fourth-order valence-electron chi connectivity index (χ4n) is 3.35. The molecule has 0 radical (unpaired) electrons. The molecular weight excluding hydrogens is 332 g/mol. The van der Waals surface area contributed by atoms with E-state index in [-0.39, 0.29) is 0 Å². The van der Waals surface area contributed by atoms with E-state index >= 15 is 0 Å². The number of aromatic nitrogens is 2. The summed E-state index contributed by atoms with van der Waals surface area (Å²) >= 11 is 0. The van der Waals surface area contributed by atoms with Crippen molar-refractivity contribution in [2.75, 3.05) is 11.9 Å². The zero-order valence-corrected chi connectivity index (χ0v) is 15.5. The van der Waals surface area contributed by atoms with Gasteiger partial charge in [-0.25, -0.2) is 9.97 Å². The van der Waals surface area contributed by atoms with Gasteiger partial charge in [-0.05, 0) is 18.6 Å². The van der Waals surface area contributed by atoms with Crippen molar-refractivity contribution in [3.8, 4) is 22.4 Å². The minimum Gasteiger partial charge on any atom is -0.354 e. The highest BCUT2D eigenvalue weighted by molar-refractivity contribution is 5.95. The number of anilines is 1. The summed E-state index contributed by atoms with van der Waals surface area (Å²) in [5.41, 5.74) is 10.6. The molecule has 2 aromatic carbocycles. The molecule has 0 unspecified atom stereocenters. The number of nitrogens with one attached hydrogen (secondary N) is 2. The molecule has 0 saturated heterocycles. The molecule has 0 bridgehead atoms. The van der Waals surface area contributed by atoms with Crippen molar-refractivity contribution < 1.29 is 10.7 Å². The third-order valence-electron chi connectivity index (χ3n) is 4.74. The molecule has 0 saturated carbocycles. The molecule has 4 nitrogen and oxygen atoms in total. The third kappa shape index (κ3) is 3.39. The number of fused-ring (bicyclic) bond motifs is 1. The van der Waals surface area contributed by atoms with Gasteiger partial charge in [0.2, 0.25) is 0 Å². The lowest BCUT2D eigenvalue weighted by atomic mass is 9.97. The van der Waals surface area contributed by atoms with Crippen LogP contribution >= 0.6 is 0 Å². The van der Waals surface area contributed by atoms with E-state index in [9.17, 15) is 0 Å². The molecule has 2 aromatic heterocycles. The highest BCUT2D eigenvalue weighted by atomic mass is 15.0. The molecule has 0 fully saturated rings. The molecule has 27 heavy (non-hydrogen) atoms. The number of pyridine rings is 2. The number of nitrogens with zero attached hydrogens (tertiary/aromatic N) is 1. The highest BCUT2D eigenvalue weighted by Crippen LogP contribution is 2.34. The Morgan fingerprint density at radius 3 is 2.44 bits per heavy atom. The van der Waals surface area contributed by atoms with Gasteiger partial charge in [0.1, 0.15) is 0 Å². The SMILES string of the molecule is CCNc1[nH+]ccc2nc(-c3ccc(C[NH3+])cc3)c(-c3ccccc3)cc12. The zero-order valence-electron chi connectivity index (χ0n) is 15.5. The van der Waals surface area contributed by atoms with Gasteiger partial charge in [-0.2, -0.15) is 0 Å². The molecule has 0 aliphatic rings. The van der Waals surface area contributed by atoms with Crippen molar-refractivity contribution in [3.05, 3.63) is 78.5 Å². The smallest absolute Gasteiger partial charge is 0.281 e. The van der Waals surface area contributed by atoms with Crippen molar-refractivity contribution in [3.63, 3.8) is 0 Å². The van der Waals surface area contributed by atoms with Crippen LogP contribution in [0.15, 0.2) is 72.9 Å². The maximum Gasteiger partial charge on any atom is 0.281 e. The van der Waals surface area contributed by atoms with E-state index in [1.54, 1.807) is 0 Å². The molecule has 4 heteroatoms. The maximum atomic E-state index is 5.04. The average molecular weight is 356 g/mol. The van der Waals surface area contributed by atoms with Gasteiger partial charge < -0.3 is 5.73 Å². The van der Waals surface area contributed by atoms with Crippen LogP contribution in [0.5, 0.6) is 0 Å². The lowest BCUT2D eigenvalue weighted by Crippen LogP contribution is -2.47. The van der Waals surface area contributed by atoms with Crippen LogP contribution < -0.4 is 16.0 Å². The number of benzene rings is 2. The molecule has 4 rings (SSSR count). The summed E-state index contributed by atoms with van der Waals surface area (Å²) in [5, 5.41) is 4.49. The predicted octanol–water partition coefficient (Wildman–Crippen LogP) is 3.56. The van der Waals surface area contributed by atoms with Gasteiger partial charge in [0, 0.05) is 22.8 Å². The molecule has 0 atom stereocenters. The number of H-pyrrole nitrogens is 1. The van der Waals surface area contributed by atoms with Gasteiger partial charge in [-0.1, -0.05) is 54.6 Å². The van der Waals surface area contributed by atoms with E-state index in [0.29, 0.717) is 0 Å². The summed E-state index contributed by atoms with van der Waals surface area (Å²) in [6.45, 7) is 3.74. The van der Waals surface area contributed by atoms with Gasteiger partial charge in [0.25, 0.3) is 5.82 Å². The molecule has 0 aliphatic heterocycles. The van der Waals surface area contributed by atoms with E-state index in [4.69, 9.17) is 4.98 Å². The third-order valence-corrected chi connectivity index (χ3v) is 4.74. The van der Waals surface area contributed by atoms with Crippen LogP contribution in [0.4, 0.5) is 5.82 Å². The second-order valence-corrected chi connectivity index (χ2v) is 6.51. The van der Waals surface area contributed by atoms with Crippen LogP contribution in [0.2, 0.25) is 0 Å². The molecule has 0 amide bonds. The monoisotopic (exact) mass is 356 g/mol. The lowest BCUT2D eigenvalue weighted by molar-refractivity contribution is -0.386. The van der Waals surface area contributed by atoms with Crippen LogP contribution in [0.25, 0.3) is 33.3 Å². The Hall–Kier alpha value is -3.24. The summed E-state index contributed by atoms with van der Waals surface area (Å²) in [7, 11) is 0. The van der Waals surface area contributed by atoms with Gasteiger partial charge in [-0.3, -0.25) is 5.32 Å². The quantitative estimate of drug-likeness (QED) is 0.574. The number of aromatic amines is 1. The first-order valence-electron chi connectivity index (χ1n) is 9.33. The van der Waals surface area contributed by atoms with Crippen molar-refractivity contribution >= 4 is 16.7 Å². The van der Waals surface area contributed by atoms with Crippen molar-refractivity contribution in [1.82, 2.24) is 4.98 Å². The number of hydrogen-bond acceptors (Lipinski definition) is 2. The molecule has 134 valence electrons. The van der Waals surface area contributed by atoms with E-state index in [1.165, 1.54) is 5.56 Å². The van der Waals surface area contributed by atoms with Crippen molar-refractivity contribution in [1.29, 1.82) is 0 Å². The second-order valence-electron chi connectivity index (χ2n) is 6.51. The van der Waals surface area contributed by atoms with Crippen molar-refractivity contribution in [2.24, 2.45) is 0 Å². The van der Waals surface area contributed by atoms with E-state index in [2.05, 4.69) is 77.6 Å². The van der Waals surface area contributed by atoms with E-state index in [0.717, 1.165) is 52.2 Å². The first-order valence-corrected chi connectivity index (χ1v) is 9.33. The first-order chi connectivity index (χ1) is 13.3. The fourth-order valence-corrected chi connectivity index (χ4v) is 3.35. The normalized spacial score (nSPS) is 10.9. The van der Waals surface area contributed by atoms with Gasteiger partial charge in [0.15, 0.2) is 0 Å². The topological polar surface area (TPSA) is 66.7 Å². The summed E-state index contributed by atoms with van der Waals surface area (Å²) in [5.74, 6) is 0.999. The average Bonchev–Trinajstić information content (AvgIpc) is 2.74. The van der Waals surface area contributed by atoms with Crippen LogP contribution in [0, 0.1) is 0 Å².